The molecule has 1 aromatic heterocycles. The number of hydrogen-bond acceptors (Lipinski definition) is 1. The van der Waals surface area contributed by atoms with Gasteiger partial charge in [-0.1, -0.05) is 37.6 Å². The lowest BCUT2D eigenvalue weighted by atomic mass is 9.94. The van der Waals surface area contributed by atoms with Crippen molar-refractivity contribution in [1.29, 1.82) is 0 Å². The van der Waals surface area contributed by atoms with Gasteiger partial charge in [0.15, 0.2) is 0 Å². The minimum atomic E-state index is -0.192. The zero-order valence-electron chi connectivity index (χ0n) is 13.3. The van der Waals surface area contributed by atoms with Crippen LogP contribution in [0.5, 0.6) is 0 Å². The van der Waals surface area contributed by atoms with Gasteiger partial charge in [0.1, 0.15) is 5.82 Å². The first-order valence-electron chi connectivity index (χ1n) is 8.01. The lowest BCUT2D eigenvalue weighted by molar-refractivity contribution is 0.560. The zero-order valence-corrected chi connectivity index (χ0v) is 14.0. The summed E-state index contributed by atoms with van der Waals surface area (Å²) in [7, 11) is 0. The molecule has 3 aromatic rings. The normalized spacial score (nSPS) is 16.6. The Bertz CT molecular complexity index is 825. The molecule has 2 aromatic carbocycles. The fourth-order valence-corrected chi connectivity index (χ4v) is 3.37. The number of halogens is 2. The van der Waals surface area contributed by atoms with Gasteiger partial charge in [-0.15, -0.1) is 0 Å². The third kappa shape index (κ3) is 2.99. The molecule has 2 N–H and O–H groups in total. The first-order chi connectivity index (χ1) is 11.2. The second kappa shape index (κ2) is 6.73. The van der Waals surface area contributed by atoms with Crippen LogP contribution in [0.4, 0.5) is 4.39 Å². The van der Waals surface area contributed by atoms with Crippen LogP contribution in [0.25, 0.3) is 10.9 Å². The molecule has 0 spiro atoms. The number of rotatable bonds is 1. The highest BCUT2D eigenvalue weighted by Crippen LogP contribution is 2.34. The van der Waals surface area contributed by atoms with Crippen molar-refractivity contribution in [3.63, 3.8) is 0 Å². The Morgan fingerprint density at radius 1 is 1.13 bits per heavy atom. The van der Waals surface area contributed by atoms with E-state index in [9.17, 15) is 4.39 Å². The van der Waals surface area contributed by atoms with Crippen LogP contribution in [-0.2, 0) is 6.42 Å². The first kappa shape index (κ1) is 16.0. The van der Waals surface area contributed by atoms with E-state index in [0.29, 0.717) is 0 Å². The average molecular weight is 331 g/mol. The maximum absolute atomic E-state index is 13.5. The maximum atomic E-state index is 13.5. The molecule has 0 saturated heterocycles. The molecule has 0 bridgehead atoms. The van der Waals surface area contributed by atoms with Gasteiger partial charge in [-0.25, -0.2) is 4.39 Å². The second-order valence-electron chi connectivity index (χ2n) is 5.40. The van der Waals surface area contributed by atoms with E-state index < -0.39 is 0 Å². The minimum Gasteiger partial charge on any atom is -0.357 e. The van der Waals surface area contributed by atoms with Crippen molar-refractivity contribution >= 4 is 22.5 Å². The average Bonchev–Trinajstić information content (AvgIpc) is 2.94. The summed E-state index contributed by atoms with van der Waals surface area (Å²) in [6, 6.07) is 12.8. The molecule has 4 rings (SSSR count). The van der Waals surface area contributed by atoms with E-state index in [1.165, 1.54) is 11.6 Å². The van der Waals surface area contributed by atoms with Crippen LogP contribution in [-0.4, -0.2) is 11.5 Å². The van der Waals surface area contributed by atoms with Crippen LogP contribution < -0.4 is 5.32 Å². The summed E-state index contributed by atoms with van der Waals surface area (Å²) in [5.41, 5.74) is 4.42. The highest BCUT2D eigenvalue weighted by molar-refractivity contribution is 6.30. The van der Waals surface area contributed by atoms with E-state index >= 15 is 0 Å². The summed E-state index contributed by atoms with van der Waals surface area (Å²) in [5.74, 6) is -0.192. The Balaban J connectivity index is 0.000000753. The maximum Gasteiger partial charge on any atom is 0.123 e. The molecule has 1 atom stereocenters. The highest BCUT2D eigenvalue weighted by atomic mass is 35.5. The summed E-state index contributed by atoms with van der Waals surface area (Å²) in [5, 5.41) is 5.22. The monoisotopic (exact) mass is 330 g/mol. The molecule has 4 heteroatoms. The van der Waals surface area contributed by atoms with Gasteiger partial charge < -0.3 is 10.3 Å². The lowest BCUT2D eigenvalue weighted by Crippen LogP contribution is -2.30. The van der Waals surface area contributed by atoms with Gasteiger partial charge in [0, 0.05) is 28.2 Å². The molecule has 120 valence electrons. The predicted molar refractivity (Wildman–Crippen MR) is 94.6 cm³/mol. The minimum absolute atomic E-state index is 0.0721. The predicted octanol–water partition coefficient (Wildman–Crippen LogP) is 5.22. The van der Waals surface area contributed by atoms with E-state index in [4.69, 9.17) is 11.6 Å². The lowest BCUT2D eigenvalue weighted by Gasteiger charge is -2.25. The number of fused-ring (bicyclic) bond motifs is 3. The Kier molecular flexibility index (Phi) is 4.69. The summed E-state index contributed by atoms with van der Waals surface area (Å²) in [6.45, 7) is 4.87. The molecule has 0 saturated carbocycles. The number of benzene rings is 2. The van der Waals surface area contributed by atoms with E-state index in [2.05, 4.69) is 16.4 Å². The van der Waals surface area contributed by atoms with Crippen molar-refractivity contribution in [2.75, 3.05) is 6.54 Å². The van der Waals surface area contributed by atoms with Gasteiger partial charge in [0.25, 0.3) is 0 Å². The van der Waals surface area contributed by atoms with Gasteiger partial charge in [-0.3, -0.25) is 0 Å². The summed E-state index contributed by atoms with van der Waals surface area (Å²) in [4.78, 5) is 3.44. The van der Waals surface area contributed by atoms with Crippen LogP contribution in [0.15, 0.2) is 42.5 Å². The Morgan fingerprint density at radius 2 is 1.96 bits per heavy atom. The van der Waals surface area contributed by atoms with E-state index in [0.717, 1.165) is 40.1 Å². The second-order valence-corrected chi connectivity index (χ2v) is 5.84. The van der Waals surface area contributed by atoms with Crippen molar-refractivity contribution in [2.45, 2.75) is 26.3 Å². The molecule has 2 nitrogen and oxygen atoms in total. The Morgan fingerprint density at radius 3 is 2.74 bits per heavy atom. The van der Waals surface area contributed by atoms with Crippen molar-refractivity contribution in [1.82, 2.24) is 10.3 Å². The van der Waals surface area contributed by atoms with Crippen LogP contribution in [0.1, 0.15) is 36.7 Å². The van der Waals surface area contributed by atoms with E-state index in [1.807, 2.05) is 32.0 Å². The molecule has 1 unspecified atom stereocenters. The SMILES string of the molecule is CC.Fc1ccc2[nH]c3c(c2c1)CCNC3c1cccc(Cl)c1. The number of hydrogen-bond donors (Lipinski definition) is 2. The molecule has 2 heterocycles. The standard InChI is InChI=1S/C17H14ClFN2.C2H6/c18-11-3-1-2-10(8-11)16-17-13(6-7-20-16)14-9-12(19)4-5-15(14)21-17;1-2/h1-5,8-9,16,20-21H,6-7H2;1-2H3. The third-order valence-corrected chi connectivity index (χ3v) is 4.33. The van der Waals surface area contributed by atoms with Crippen LogP contribution >= 0.6 is 11.6 Å². The van der Waals surface area contributed by atoms with Gasteiger partial charge in [-0.05, 0) is 47.9 Å². The van der Waals surface area contributed by atoms with Gasteiger partial charge in [0.2, 0.25) is 0 Å². The first-order valence-corrected chi connectivity index (χ1v) is 8.39. The Hall–Kier alpha value is -1.84. The molecule has 1 aliphatic rings. The van der Waals surface area contributed by atoms with Crippen molar-refractivity contribution in [2.24, 2.45) is 0 Å². The molecule has 0 aliphatic carbocycles. The van der Waals surface area contributed by atoms with E-state index in [1.54, 1.807) is 12.1 Å². The highest BCUT2D eigenvalue weighted by Gasteiger charge is 2.25. The zero-order chi connectivity index (χ0) is 16.4. The van der Waals surface area contributed by atoms with E-state index in [-0.39, 0.29) is 11.9 Å². The molecule has 0 radical (unpaired) electrons. The molecular weight excluding hydrogens is 311 g/mol. The molecular formula is C19H20ClFN2. The van der Waals surface area contributed by atoms with Crippen molar-refractivity contribution in [3.05, 3.63) is 70.1 Å². The van der Waals surface area contributed by atoms with Gasteiger partial charge in [0.05, 0.1) is 6.04 Å². The number of nitrogens with one attached hydrogen (secondary N) is 2. The van der Waals surface area contributed by atoms with Gasteiger partial charge >= 0.3 is 0 Å². The summed E-state index contributed by atoms with van der Waals surface area (Å²) in [6.07, 6.45) is 0.899. The summed E-state index contributed by atoms with van der Waals surface area (Å²) < 4.78 is 13.5. The van der Waals surface area contributed by atoms with Crippen molar-refractivity contribution in [3.8, 4) is 0 Å². The van der Waals surface area contributed by atoms with Crippen molar-refractivity contribution < 1.29 is 4.39 Å². The fraction of sp³-hybridized carbons (Fsp3) is 0.263. The molecule has 23 heavy (non-hydrogen) atoms. The van der Waals surface area contributed by atoms with Crippen LogP contribution in [0.2, 0.25) is 5.02 Å². The number of H-pyrrole nitrogens is 1. The molecule has 1 aliphatic heterocycles. The van der Waals surface area contributed by atoms with Crippen LogP contribution in [0.3, 0.4) is 0 Å². The number of aromatic nitrogens is 1. The van der Waals surface area contributed by atoms with Crippen LogP contribution in [0, 0.1) is 5.82 Å². The Labute approximate surface area is 140 Å². The summed E-state index contributed by atoms with van der Waals surface area (Å²) >= 11 is 6.10. The topological polar surface area (TPSA) is 27.8 Å². The number of aromatic amines is 1. The smallest absolute Gasteiger partial charge is 0.123 e. The molecule has 0 fully saturated rings. The quantitative estimate of drug-likeness (QED) is 0.629. The largest absolute Gasteiger partial charge is 0.357 e. The van der Waals surface area contributed by atoms with Gasteiger partial charge in [-0.2, -0.15) is 0 Å². The third-order valence-electron chi connectivity index (χ3n) is 4.10. The molecule has 0 amide bonds. The fourth-order valence-electron chi connectivity index (χ4n) is 3.17.